The summed E-state index contributed by atoms with van der Waals surface area (Å²) in [7, 11) is 0. The summed E-state index contributed by atoms with van der Waals surface area (Å²) in [6, 6.07) is 14.8. The number of benzene rings is 1. The fraction of sp³-hybridized carbons (Fsp3) is 0.238. The van der Waals surface area contributed by atoms with E-state index in [4.69, 9.17) is 10.5 Å². The highest BCUT2D eigenvalue weighted by Gasteiger charge is 2.16. The molecule has 126 valence electrons. The Labute approximate surface area is 147 Å². The van der Waals surface area contributed by atoms with Gasteiger partial charge in [-0.05, 0) is 53.6 Å². The highest BCUT2D eigenvalue weighted by atomic mass is 16.5. The minimum atomic E-state index is 0.536. The maximum Gasteiger partial charge on any atom is 0.131 e. The number of nitrogen functional groups attached to an aromatic ring is 1. The Balaban J connectivity index is 1.63. The quantitative estimate of drug-likeness (QED) is 0.778. The number of hydrogen-bond donors (Lipinski definition) is 1. The van der Waals surface area contributed by atoms with Crippen LogP contribution in [0.25, 0.3) is 22.3 Å². The maximum atomic E-state index is 6.08. The second-order valence-electron chi connectivity index (χ2n) is 6.40. The van der Waals surface area contributed by atoms with Gasteiger partial charge < -0.3 is 10.5 Å². The van der Waals surface area contributed by atoms with E-state index in [1.807, 2.05) is 18.3 Å². The van der Waals surface area contributed by atoms with Crippen molar-refractivity contribution in [3.63, 3.8) is 0 Å². The molecule has 0 bridgehead atoms. The lowest BCUT2D eigenvalue weighted by Gasteiger charge is -2.22. The number of pyridine rings is 2. The summed E-state index contributed by atoms with van der Waals surface area (Å²) >= 11 is 0. The molecule has 1 fully saturated rings. The van der Waals surface area contributed by atoms with Crippen LogP contribution in [0.3, 0.4) is 0 Å². The monoisotopic (exact) mass is 331 g/mol. The standard InChI is InChI=1S/C21H21N3O/c22-21-20(18-5-9-23-10-6-18)13-19(14-24-21)16-3-1-15(2-4-16)17-7-11-25-12-8-17/h1-6,9-10,13-14,17H,7-8,11-12H2,(H2,22,24). The average Bonchev–Trinajstić information content (AvgIpc) is 2.70. The third-order valence-electron chi connectivity index (χ3n) is 4.85. The highest BCUT2D eigenvalue weighted by Crippen LogP contribution is 2.31. The molecule has 4 rings (SSSR count). The Bertz CT molecular complexity index is 841. The van der Waals surface area contributed by atoms with Gasteiger partial charge in [-0.25, -0.2) is 4.98 Å². The van der Waals surface area contributed by atoms with Gasteiger partial charge in [0.05, 0.1) is 0 Å². The predicted octanol–water partition coefficient (Wildman–Crippen LogP) is 4.29. The minimum Gasteiger partial charge on any atom is -0.383 e. The molecule has 3 aromatic rings. The zero-order valence-electron chi connectivity index (χ0n) is 14.1. The molecule has 1 aliphatic rings. The van der Waals surface area contributed by atoms with Gasteiger partial charge in [0, 0.05) is 42.9 Å². The van der Waals surface area contributed by atoms with E-state index < -0.39 is 0 Å². The van der Waals surface area contributed by atoms with Crippen LogP contribution in [0.4, 0.5) is 5.82 Å². The number of aromatic nitrogens is 2. The van der Waals surface area contributed by atoms with Crippen LogP contribution in [0.15, 0.2) is 61.1 Å². The van der Waals surface area contributed by atoms with Crippen molar-refractivity contribution in [3.8, 4) is 22.3 Å². The first-order chi connectivity index (χ1) is 12.3. The second kappa shape index (κ2) is 7.03. The van der Waals surface area contributed by atoms with Crippen molar-refractivity contribution in [2.45, 2.75) is 18.8 Å². The largest absolute Gasteiger partial charge is 0.383 e. The lowest BCUT2D eigenvalue weighted by molar-refractivity contribution is 0.0853. The fourth-order valence-corrected chi connectivity index (χ4v) is 3.37. The van der Waals surface area contributed by atoms with Crippen LogP contribution in [-0.2, 0) is 4.74 Å². The smallest absolute Gasteiger partial charge is 0.131 e. The van der Waals surface area contributed by atoms with Crippen LogP contribution < -0.4 is 5.73 Å². The molecule has 0 radical (unpaired) electrons. The summed E-state index contributed by atoms with van der Waals surface area (Å²) in [4.78, 5) is 8.45. The average molecular weight is 331 g/mol. The molecular formula is C21H21N3O. The Morgan fingerprint density at radius 3 is 2.32 bits per heavy atom. The summed E-state index contributed by atoms with van der Waals surface area (Å²) in [5.41, 5.74) is 11.7. The zero-order valence-corrected chi connectivity index (χ0v) is 14.1. The zero-order chi connectivity index (χ0) is 17.1. The molecular weight excluding hydrogens is 310 g/mol. The van der Waals surface area contributed by atoms with E-state index in [0.29, 0.717) is 11.7 Å². The van der Waals surface area contributed by atoms with Gasteiger partial charge in [-0.2, -0.15) is 0 Å². The Hall–Kier alpha value is -2.72. The number of nitrogens with two attached hydrogens (primary N) is 1. The number of hydrogen-bond acceptors (Lipinski definition) is 4. The lowest BCUT2D eigenvalue weighted by atomic mass is 9.90. The van der Waals surface area contributed by atoms with E-state index in [0.717, 1.165) is 48.3 Å². The third kappa shape index (κ3) is 3.39. The molecule has 0 unspecified atom stereocenters. The molecule has 4 heteroatoms. The molecule has 0 aliphatic carbocycles. The lowest BCUT2D eigenvalue weighted by Crippen LogP contribution is -2.13. The summed E-state index contributed by atoms with van der Waals surface area (Å²) in [5.74, 6) is 1.15. The van der Waals surface area contributed by atoms with Crippen LogP contribution in [0.2, 0.25) is 0 Å². The van der Waals surface area contributed by atoms with Gasteiger partial charge in [0.1, 0.15) is 5.82 Å². The van der Waals surface area contributed by atoms with Crippen molar-refractivity contribution < 1.29 is 4.74 Å². The number of anilines is 1. The molecule has 0 atom stereocenters. The normalized spacial score (nSPS) is 15.2. The van der Waals surface area contributed by atoms with Crippen molar-refractivity contribution in [3.05, 3.63) is 66.6 Å². The van der Waals surface area contributed by atoms with Gasteiger partial charge in [0.25, 0.3) is 0 Å². The summed E-state index contributed by atoms with van der Waals surface area (Å²) in [6.07, 6.45) is 7.58. The van der Waals surface area contributed by atoms with E-state index >= 15 is 0 Å². The van der Waals surface area contributed by atoms with Crippen molar-refractivity contribution >= 4 is 5.82 Å². The first-order valence-electron chi connectivity index (χ1n) is 8.65. The molecule has 0 saturated carbocycles. The highest BCUT2D eigenvalue weighted by molar-refractivity contribution is 5.79. The minimum absolute atomic E-state index is 0.536. The molecule has 0 amide bonds. The molecule has 1 saturated heterocycles. The summed E-state index contributed by atoms with van der Waals surface area (Å²) < 4.78 is 5.46. The van der Waals surface area contributed by atoms with Gasteiger partial charge >= 0.3 is 0 Å². The SMILES string of the molecule is Nc1ncc(-c2ccc(C3CCOCC3)cc2)cc1-c1ccncc1. The number of nitrogens with zero attached hydrogens (tertiary/aromatic N) is 2. The van der Waals surface area contributed by atoms with Crippen LogP contribution in [0.5, 0.6) is 0 Å². The van der Waals surface area contributed by atoms with Gasteiger partial charge in [-0.15, -0.1) is 0 Å². The van der Waals surface area contributed by atoms with Gasteiger partial charge in [0.15, 0.2) is 0 Å². The second-order valence-corrected chi connectivity index (χ2v) is 6.40. The van der Waals surface area contributed by atoms with Crippen molar-refractivity contribution in [1.82, 2.24) is 9.97 Å². The van der Waals surface area contributed by atoms with Crippen LogP contribution in [-0.4, -0.2) is 23.2 Å². The Morgan fingerprint density at radius 1 is 0.880 bits per heavy atom. The maximum absolute atomic E-state index is 6.08. The van der Waals surface area contributed by atoms with Crippen LogP contribution in [0, 0.1) is 0 Å². The Morgan fingerprint density at radius 2 is 1.60 bits per heavy atom. The van der Waals surface area contributed by atoms with Crippen molar-refractivity contribution in [2.24, 2.45) is 0 Å². The van der Waals surface area contributed by atoms with Crippen LogP contribution >= 0.6 is 0 Å². The van der Waals surface area contributed by atoms with Gasteiger partial charge in [-0.1, -0.05) is 24.3 Å². The topological polar surface area (TPSA) is 61.0 Å². The molecule has 1 aromatic carbocycles. The first-order valence-corrected chi connectivity index (χ1v) is 8.65. The molecule has 2 aromatic heterocycles. The van der Waals surface area contributed by atoms with E-state index in [1.54, 1.807) is 12.4 Å². The third-order valence-corrected chi connectivity index (χ3v) is 4.85. The molecule has 1 aliphatic heterocycles. The van der Waals surface area contributed by atoms with E-state index in [2.05, 4.69) is 40.3 Å². The van der Waals surface area contributed by atoms with E-state index in [9.17, 15) is 0 Å². The van der Waals surface area contributed by atoms with Crippen molar-refractivity contribution in [1.29, 1.82) is 0 Å². The molecule has 4 nitrogen and oxygen atoms in total. The molecule has 25 heavy (non-hydrogen) atoms. The first kappa shape index (κ1) is 15.8. The number of rotatable bonds is 3. The molecule has 3 heterocycles. The summed E-state index contributed by atoms with van der Waals surface area (Å²) in [5, 5.41) is 0. The number of ether oxygens (including phenoxy) is 1. The predicted molar refractivity (Wildman–Crippen MR) is 100 cm³/mol. The molecule has 2 N–H and O–H groups in total. The van der Waals surface area contributed by atoms with E-state index in [-0.39, 0.29) is 0 Å². The van der Waals surface area contributed by atoms with Gasteiger partial charge in [0.2, 0.25) is 0 Å². The van der Waals surface area contributed by atoms with E-state index in [1.165, 1.54) is 5.56 Å². The van der Waals surface area contributed by atoms with Crippen LogP contribution in [0.1, 0.15) is 24.3 Å². The van der Waals surface area contributed by atoms with Crippen molar-refractivity contribution in [2.75, 3.05) is 18.9 Å². The fourth-order valence-electron chi connectivity index (χ4n) is 3.37. The molecule has 0 spiro atoms. The summed E-state index contributed by atoms with van der Waals surface area (Å²) in [6.45, 7) is 1.73. The van der Waals surface area contributed by atoms with Gasteiger partial charge in [-0.3, -0.25) is 4.98 Å². The Kier molecular flexibility index (Phi) is 4.44.